The lowest BCUT2D eigenvalue weighted by atomic mass is 10.1. The number of amides is 1. The Bertz CT molecular complexity index is 416. The van der Waals surface area contributed by atoms with E-state index >= 15 is 0 Å². The molecule has 2 heterocycles. The van der Waals surface area contributed by atoms with Crippen molar-refractivity contribution in [3.8, 4) is 0 Å². The molecule has 0 saturated carbocycles. The normalized spacial score (nSPS) is 21.3. The molecular weight excluding hydrogens is 230 g/mol. The van der Waals surface area contributed by atoms with E-state index in [9.17, 15) is 4.79 Å². The largest absolute Gasteiger partial charge is 0.351 e. The van der Waals surface area contributed by atoms with Crippen LogP contribution in [0.5, 0.6) is 0 Å². The summed E-state index contributed by atoms with van der Waals surface area (Å²) in [5.41, 5.74) is 6.48. The van der Waals surface area contributed by atoms with Gasteiger partial charge in [-0.05, 0) is 25.3 Å². The van der Waals surface area contributed by atoms with Gasteiger partial charge in [-0.15, -0.1) is 0 Å². The highest BCUT2D eigenvalue weighted by atomic mass is 16.5. The summed E-state index contributed by atoms with van der Waals surface area (Å²) in [6.07, 6.45) is 1.97. The summed E-state index contributed by atoms with van der Waals surface area (Å²) in [4.78, 5) is 14.0. The van der Waals surface area contributed by atoms with Gasteiger partial charge < -0.3 is 15.2 Å². The maximum absolute atomic E-state index is 12.2. The lowest BCUT2D eigenvalue weighted by molar-refractivity contribution is 0.0746. The Morgan fingerprint density at radius 2 is 2.50 bits per heavy atom. The molecule has 5 nitrogen and oxygen atoms in total. The third-order valence-corrected chi connectivity index (χ3v) is 3.76. The van der Waals surface area contributed by atoms with E-state index in [2.05, 4.69) is 19.0 Å². The number of likely N-dealkylation sites (tertiary alicyclic amines) is 1. The van der Waals surface area contributed by atoms with Crippen LogP contribution in [-0.2, 0) is 0 Å². The van der Waals surface area contributed by atoms with Gasteiger partial charge in [-0.1, -0.05) is 19.0 Å². The highest BCUT2D eigenvalue weighted by Crippen LogP contribution is 2.21. The third-order valence-electron chi connectivity index (χ3n) is 3.76. The van der Waals surface area contributed by atoms with Crippen LogP contribution < -0.4 is 5.73 Å². The summed E-state index contributed by atoms with van der Waals surface area (Å²) < 4.78 is 5.16. The first-order valence-electron chi connectivity index (χ1n) is 6.61. The lowest BCUT2D eigenvalue weighted by Gasteiger charge is -2.13. The monoisotopic (exact) mass is 251 g/mol. The van der Waals surface area contributed by atoms with Crippen molar-refractivity contribution < 1.29 is 9.32 Å². The highest BCUT2D eigenvalue weighted by Gasteiger charge is 2.28. The molecule has 1 aliphatic heterocycles. The topological polar surface area (TPSA) is 72.4 Å². The van der Waals surface area contributed by atoms with Gasteiger partial charge in [0, 0.05) is 25.1 Å². The average Bonchev–Trinajstić information content (AvgIpc) is 3.05. The Balaban J connectivity index is 2.03. The second-order valence-electron chi connectivity index (χ2n) is 5.07. The number of hydrogen-bond donors (Lipinski definition) is 1. The van der Waals surface area contributed by atoms with Gasteiger partial charge in [0.2, 0.25) is 5.76 Å². The molecule has 0 radical (unpaired) electrons. The number of rotatable bonds is 4. The van der Waals surface area contributed by atoms with Crippen molar-refractivity contribution in [2.75, 3.05) is 19.6 Å². The van der Waals surface area contributed by atoms with E-state index in [4.69, 9.17) is 10.3 Å². The number of hydrogen-bond acceptors (Lipinski definition) is 4. The number of aromatic nitrogens is 1. The Morgan fingerprint density at radius 3 is 3.11 bits per heavy atom. The molecule has 1 fully saturated rings. The molecule has 0 bridgehead atoms. The quantitative estimate of drug-likeness (QED) is 0.882. The van der Waals surface area contributed by atoms with E-state index < -0.39 is 0 Å². The number of carbonyl (C=O) groups excluding carboxylic acids is 1. The molecule has 2 rings (SSSR count). The van der Waals surface area contributed by atoms with E-state index in [1.807, 2.05) is 0 Å². The van der Waals surface area contributed by atoms with Crippen molar-refractivity contribution in [3.63, 3.8) is 0 Å². The zero-order chi connectivity index (χ0) is 13.1. The van der Waals surface area contributed by atoms with Crippen molar-refractivity contribution in [1.82, 2.24) is 10.1 Å². The predicted molar refractivity (Wildman–Crippen MR) is 68.3 cm³/mol. The molecule has 100 valence electrons. The molecule has 2 N–H and O–H groups in total. The zero-order valence-corrected chi connectivity index (χ0v) is 11.1. The fourth-order valence-electron chi connectivity index (χ4n) is 2.20. The first kappa shape index (κ1) is 13.1. The van der Waals surface area contributed by atoms with Crippen LogP contribution in [-0.4, -0.2) is 35.6 Å². The average molecular weight is 251 g/mol. The van der Waals surface area contributed by atoms with E-state index in [1.165, 1.54) is 0 Å². The van der Waals surface area contributed by atoms with Crippen molar-refractivity contribution in [2.45, 2.75) is 32.6 Å². The Kier molecular flexibility index (Phi) is 4.01. The molecule has 2 atom stereocenters. The first-order chi connectivity index (χ1) is 8.65. The maximum atomic E-state index is 12.2. The van der Waals surface area contributed by atoms with Gasteiger partial charge in [-0.3, -0.25) is 4.79 Å². The van der Waals surface area contributed by atoms with Crippen LogP contribution in [0, 0.1) is 5.92 Å². The Morgan fingerprint density at radius 1 is 1.72 bits per heavy atom. The van der Waals surface area contributed by atoms with Gasteiger partial charge in [0.15, 0.2) is 0 Å². The van der Waals surface area contributed by atoms with Gasteiger partial charge in [-0.25, -0.2) is 0 Å². The Labute approximate surface area is 107 Å². The third kappa shape index (κ3) is 2.56. The van der Waals surface area contributed by atoms with Gasteiger partial charge in [0.05, 0.1) is 5.69 Å². The molecule has 0 spiro atoms. The van der Waals surface area contributed by atoms with Crippen LogP contribution in [0.3, 0.4) is 0 Å². The molecule has 0 aliphatic carbocycles. The molecule has 1 saturated heterocycles. The second-order valence-corrected chi connectivity index (χ2v) is 5.07. The van der Waals surface area contributed by atoms with Crippen LogP contribution in [0.1, 0.15) is 48.9 Å². The summed E-state index contributed by atoms with van der Waals surface area (Å²) in [7, 11) is 0. The minimum atomic E-state index is -0.0620. The lowest BCUT2D eigenvalue weighted by Crippen LogP contribution is -2.29. The SMILES string of the molecule is CC[C@H](C)c1cc(C(=O)N2CC[C@@H](CN)C2)on1. The summed E-state index contributed by atoms with van der Waals surface area (Å²) in [5, 5.41) is 3.97. The van der Waals surface area contributed by atoms with Crippen LogP contribution in [0.4, 0.5) is 0 Å². The first-order valence-corrected chi connectivity index (χ1v) is 6.61. The van der Waals surface area contributed by atoms with Gasteiger partial charge >= 0.3 is 0 Å². The maximum Gasteiger partial charge on any atom is 0.292 e. The Hall–Kier alpha value is -1.36. The minimum Gasteiger partial charge on any atom is -0.351 e. The van der Waals surface area contributed by atoms with E-state index in [0.717, 1.165) is 31.6 Å². The minimum absolute atomic E-state index is 0.0620. The van der Waals surface area contributed by atoms with Gasteiger partial charge in [0.1, 0.15) is 0 Å². The molecule has 5 heteroatoms. The van der Waals surface area contributed by atoms with E-state index in [1.54, 1.807) is 11.0 Å². The second kappa shape index (κ2) is 5.52. The number of nitrogens with two attached hydrogens (primary N) is 1. The van der Waals surface area contributed by atoms with Gasteiger partial charge in [-0.2, -0.15) is 0 Å². The summed E-state index contributed by atoms with van der Waals surface area (Å²) in [6.45, 7) is 6.30. The molecule has 1 aromatic heterocycles. The molecule has 18 heavy (non-hydrogen) atoms. The van der Waals surface area contributed by atoms with E-state index in [0.29, 0.717) is 24.1 Å². The summed E-state index contributed by atoms with van der Waals surface area (Å²) in [6, 6.07) is 1.77. The van der Waals surface area contributed by atoms with Gasteiger partial charge in [0.25, 0.3) is 5.91 Å². The molecule has 1 aliphatic rings. The van der Waals surface area contributed by atoms with Crippen molar-refractivity contribution in [2.24, 2.45) is 11.7 Å². The molecule has 0 aromatic carbocycles. The molecular formula is C13H21N3O2. The zero-order valence-electron chi connectivity index (χ0n) is 11.1. The molecule has 1 amide bonds. The summed E-state index contributed by atoms with van der Waals surface area (Å²) in [5.74, 6) is 1.03. The highest BCUT2D eigenvalue weighted by molar-refractivity contribution is 5.91. The number of carbonyl (C=O) groups is 1. The van der Waals surface area contributed by atoms with Crippen molar-refractivity contribution >= 4 is 5.91 Å². The standard InChI is InChI=1S/C13H21N3O2/c1-3-9(2)11-6-12(18-15-11)13(17)16-5-4-10(7-14)8-16/h6,9-10H,3-5,7-8,14H2,1-2H3/t9-,10-/m0/s1. The fourth-order valence-corrected chi connectivity index (χ4v) is 2.20. The van der Waals surface area contributed by atoms with Crippen LogP contribution >= 0.6 is 0 Å². The van der Waals surface area contributed by atoms with Crippen molar-refractivity contribution in [1.29, 1.82) is 0 Å². The molecule has 1 aromatic rings. The van der Waals surface area contributed by atoms with Crippen LogP contribution in [0.25, 0.3) is 0 Å². The number of nitrogens with zero attached hydrogens (tertiary/aromatic N) is 2. The van der Waals surface area contributed by atoms with Crippen LogP contribution in [0.2, 0.25) is 0 Å². The molecule has 0 unspecified atom stereocenters. The summed E-state index contributed by atoms with van der Waals surface area (Å²) >= 11 is 0. The predicted octanol–water partition coefficient (Wildman–Crippen LogP) is 1.61. The van der Waals surface area contributed by atoms with Crippen molar-refractivity contribution in [3.05, 3.63) is 17.5 Å². The van der Waals surface area contributed by atoms with E-state index in [-0.39, 0.29) is 5.91 Å². The smallest absolute Gasteiger partial charge is 0.292 e. The fraction of sp³-hybridized carbons (Fsp3) is 0.692. The van der Waals surface area contributed by atoms with Crippen LogP contribution in [0.15, 0.2) is 10.6 Å².